The second-order valence-corrected chi connectivity index (χ2v) is 4.36. The fourth-order valence-corrected chi connectivity index (χ4v) is 1.81. The van der Waals surface area contributed by atoms with Crippen molar-refractivity contribution in [3.63, 3.8) is 0 Å². The summed E-state index contributed by atoms with van der Waals surface area (Å²) in [6, 6.07) is 0.731. The Morgan fingerprint density at radius 3 is 2.60 bits per heavy atom. The third-order valence-electron chi connectivity index (χ3n) is 2.27. The van der Waals surface area contributed by atoms with Gasteiger partial charge in [0.05, 0.1) is 12.2 Å². The van der Waals surface area contributed by atoms with Crippen LogP contribution in [0.15, 0.2) is 18.4 Å². The maximum absolute atomic E-state index is 13.3. The summed E-state index contributed by atoms with van der Waals surface area (Å²) in [4.78, 5) is 27.2. The first-order valence-electron chi connectivity index (χ1n) is 5.39. The molecule has 20 heavy (non-hydrogen) atoms. The maximum Gasteiger partial charge on any atom is 0.324 e. The van der Waals surface area contributed by atoms with Crippen molar-refractivity contribution < 1.29 is 23.8 Å². The van der Waals surface area contributed by atoms with Crippen molar-refractivity contribution in [1.29, 1.82) is 0 Å². The van der Waals surface area contributed by atoms with E-state index in [1.54, 1.807) is 0 Å². The SMILES string of the molecule is C=C(O)C(C(=O)OCC)C(=O)c1cc(F)c(Cl)nc1Cl. The number of esters is 1. The van der Waals surface area contributed by atoms with Crippen molar-refractivity contribution in [1.82, 2.24) is 4.98 Å². The Bertz CT molecular complexity index is 577. The average Bonchev–Trinajstić information content (AvgIpc) is 2.33. The van der Waals surface area contributed by atoms with E-state index in [0.29, 0.717) is 0 Å². The molecule has 0 amide bonds. The minimum Gasteiger partial charge on any atom is -0.512 e. The van der Waals surface area contributed by atoms with Crippen molar-refractivity contribution in [3.05, 3.63) is 40.1 Å². The van der Waals surface area contributed by atoms with Gasteiger partial charge in [0.2, 0.25) is 0 Å². The van der Waals surface area contributed by atoms with E-state index >= 15 is 0 Å². The van der Waals surface area contributed by atoms with Crippen LogP contribution in [0.1, 0.15) is 17.3 Å². The van der Waals surface area contributed by atoms with E-state index in [4.69, 9.17) is 23.2 Å². The van der Waals surface area contributed by atoms with Gasteiger partial charge in [-0.2, -0.15) is 0 Å². The highest BCUT2D eigenvalue weighted by Gasteiger charge is 2.34. The smallest absolute Gasteiger partial charge is 0.324 e. The summed E-state index contributed by atoms with van der Waals surface area (Å²) in [7, 11) is 0. The molecule has 5 nitrogen and oxygen atoms in total. The summed E-state index contributed by atoms with van der Waals surface area (Å²) < 4.78 is 18.0. The maximum atomic E-state index is 13.3. The number of rotatable bonds is 5. The zero-order valence-electron chi connectivity index (χ0n) is 10.3. The molecule has 0 aromatic carbocycles. The fraction of sp³-hybridized carbons (Fsp3) is 0.250. The van der Waals surface area contributed by atoms with Crippen LogP contribution in [0, 0.1) is 11.7 Å². The fourth-order valence-electron chi connectivity index (χ4n) is 1.39. The van der Waals surface area contributed by atoms with Gasteiger partial charge >= 0.3 is 5.97 Å². The van der Waals surface area contributed by atoms with Crippen molar-refractivity contribution in [2.75, 3.05) is 6.61 Å². The molecule has 1 aromatic heterocycles. The molecule has 0 spiro atoms. The molecule has 1 N–H and O–H groups in total. The minimum absolute atomic E-state index is 0.00312. The Morgan fingerprint density at radius 2 is 2.10 bits per heavy atom. The van der Waals surface area contributed by atoms with Gasteiger partial charge in [0.25, 0.3) is 0 Å². The van der Waals surface area contributed by atoms with Gasteiger partial charge in [0.1, 0.15) is 10.9 Å². The topological polar surface area (TPSA) is 76.5 Å². The first-order valence-corrected chi connectivity index (χ1v) is 6.15. The van der Waals surface area contributed by atoms with Crippen LogP contribution in [0.4, 0.5) is 4.39 Å². The van der Waals surface area contributed by atoms with Crippen LogP contribution in [0.2, 0.25) is 10.3 Å². The van der Waals surface area contributed by atoms with E-state index in [1.807, 2.05) is 0 Å². The number of aliphatic hydroxyl groups excluding tert-OH is 1. The molecule has 0 radical (unpaired) electrons. The van der Waals surface area contributed by atoms with Crippen LogP contribution < -0.4 is 0 Å². The molecule has 1 rings (SSSR count). The number of hydrogen-bond acceptors (Lipinski definition) is 5. The zero-order chi connectivity index (χ0) is 15.4. The van der Waals surface area contributed by atoms with E-state index in [0.717, 1.165) is 6.07 Å². The zero-order valence-corrected chi connectivity index (χ0v) is 11.8. The average molecular weight is 322 g/mol. The van der Waals surface area contributed by atoms with Gasteiger partial charge in [0, 0.05) is 0 Å². The molecule has 1 aromatic rings. The van der Waals surface area contributed by atoms with E-state index in [1.165, 1.54) is 6.92 Å². The number of carbonyl (C=O) groups excluding carboxylic acids is 2. The van der Waals surface area contributed by atoms with Gasteiger partial charge in [0.15, 0.2) is 22.7 Å². The largest absolute Gasteiger partial charge is 0.512 e. The van der Waals surface area contributed by atoms with Crippen LogP contribution in [0.5, 0.6) is 0 Å². The number of halogens is 3. The summed E-state index contributed by atoms with van der Waals surface area (Å²) in [6.45, 7) is 4.65. The van der Waals surface area contributed by atoms with Crippen molar-refractivity contribution in [2.45, 2.75) is 6.92 Å². The molecule has 0 aliphatic rings. The van der Waals surface area contributed by atoms with Crippen molar-refractivity contribution in [2.24, 2.45) is 5.92 Å². The Kier molecular flexibility index (Phi) is 5.47. The third-order valence-corrected chi connectivity index (χ3v) is 2.82. The molecule has 108 valence electrons. The number of pyridine rings is 1. The monoisotopic (exact) mass is 321 g/mol. The lowest BCUT2D eigenvalue weighted by molar-refractivity contribution is -0.145. The lowest BCUT2D eigenvalue weighted by Crippen LogP contribution is -2.28. The highest BCUT2D eigenvalue weighted by atomic mass is 35.5. The molecule has 1 atom stereocenters. The quantitative estimate of drug-likeness (QED) is 0.296. The summed E-state index contributed by atoms with van der Waals surface area (Å²) in [5, 5.41) is 8.45. The van der Waals surface area contributed by atoms with E-state index < -0.39 is 45.1 Å². The van der Waals surface area contributed by atoms with Gasteiger partial charge in [-0.1, -0.05) is 29.8 Å². The minimum atomic E-state index is -1.70. The Balaban J connectivity index is 3.23. The lowest BCUT2D eigenvalue weighted by atomic mass is 9.97. The van der Waals surface area contributed by atoms with Gasteiger partial charge < -0.3 is 9.84 Å². The predicted octanol–water partition coefficient (Wildman–Crippen LogP) is 2.96. The summed E-state index contributed by atoms with van der Waals surface area (Å²) >= 11 is 11.1. The molecule has 0 saturated heterocycles. The van der Waals surface area contributed by atoms with E-state index in [2.05, 4.69) is 16.3 Å². The molecule has 1 heterocycles. The molecule has 8 heteroatoms. The van der Waals surface area contributed by atoms with E-state index in [-0.39, 0.29) is 6.61 Å². The number of aromatic nitrogens is 1. The van der Waals surface area contributed by atoms with Gasteiger partial charge in [-0.3, -0.25) is 9.59 Å². The summed E-state index contributed by atoms with van der Waals surface area (Å²) in [5.74, 6) is -5.42. The molecule has 0 fully saturated rings. The van der Waals surface area contributed by atoms with Crippen molar-refractivity contribution >= 4 is 35.0 Å². The van der Waals surface area contributed by atoms with Crippen LogP contribution in [-0.2, 0) is 9.53 Å². The predicted molar refractivity (Wildman–Crippen MR) is 70.4 cm³/mol. The third kappa shape index (κ3) is 3.46. The first-order chi connectivity index (χ1) is 9.29. The number of Topliss-reactive ketones (excluding diaryl/α,β-unsaturated/α-hetero) is 1. The van der Waals surface area contributed by atoms with Crippen molar-refractivity contribution in [3.8, 4) is 0 Å². The highest BCUT2D eigenvalue weighted by Crippen LogP contribution is 2.25. The van der Waals surface area contributed by atoms with Crippen LogP contribution >= 0.6 is 23.2 Å². The summed E-state index contributed by atoms with van der Waals surface area (Å²) in [5.41, 5.74) is -0.401. The normalized spacial score (nSPS) is 11.8. The number of ketones is 1. The van der Waals surface area contributed by atoms with E-state index in [9.17, 15) is 19.1 Å². The standard InChI is InChI=1S/C12H10Cl2FNO4/c1-3-20-12(19)8(5(2)17)9(18)6-4-7(15)11(14)16-10(6)13/h4,8,17H,2-3H2,1H3. The Hall–Kier alpha value is -1.66. The number of aliphatic hydroxyl groups is 1. The molecule has 1 unspecified atom stereocenters. The van der Waals surface area contributed by atoms with Gasteiger partial charge in [-0.25, -0.2) is 9.37 Å². The summed E-state index contributed by atoms with van der Waals surface area (Å²) in [6.07, 6.45) is 0. The highest BCUT2D eigenvalue weighted by molar-refractivity contribution is 6.35. The number of carbonyl (C=O) groups is 2. The number of hydrogen-bond donors (Lipinski definition) is 1. The second kappa shape index (κ2) is 6.67. The number of nitrogens with zero attached hydrogens (tertiary/aromatic N) is 1. The molecular formula is C12H10Cl2FNO4. The van der Waals surface area contributed by atoms with Gasteiger partial charge in [-0.15, -0.1) is 0 Å². The molecule has 0 saturated carbocycles. The molecular weight excluding hydrogens is 312 g/mol. The van der Waals surface area contributed by atoms with Crippen LogP contribution in [-0.4, -0.2) is 28.4 Å². The Morgan fingerprint density at radius 1 is 1.50 bits per heavy atom. The van der Waals surface area contributed by atoms with Gasteiger partial charge in [-0.05, 0) is 13.0 Å². The lowest BCUT2D eigenvalue weighted by Gasteiger charge is -2.14. The van der Waals surface area contributed by atoms with Crippen LogP contribution in [0.3, 0.4) is 0 Å². The number of ether oxygens (including phenoxy) is 1. The molecule has 0 bridgehead atoms. The molecule has 0 aliphatic carbocycles. The first kappa shape index (κ1) is 16.4. The van der Waals surface area contributed by atoms with Crippen LogP contribution in [0.25, 0.3) is 0 Å². The Labute approximate surface area is 124 Å². The molecule has 0 aliphatic heterocycles. The second-order valence-electron chi connectivity index (χ2n) is 3.64.